The Morgan fingerprint density at radius 2 is 2.00 bits per heavy atom. The summed E-state index contributed by atoms with van der Waals surface area (Å²) in [5.74, 6) is 2.82. The van der Waals surface area contributed by atoms with Gasteiger partial charge in [0.05, 0.1) is 0 Å². The lowest BCUT2D eigenvalue weighted by Crippen LogP contribution is -1.72. The molecule has 8 heavy (non-hydrogen) atoms. The maximum Gasteiger partial charge on any atom is 0.0130 e. The molecule has 48 valence electrons. The summed E-state index contributed by atoms with van der Waals surface area (Å²) < 4.78 is 1.35. The van der Waals surface area contributed by atoms with Crippen LogP contribution in [0.25, 0.3) is 0 Å². The summed E-state index contributed by atoms with van der Waals surface area (Å²) in [6.45, 7) is 0. The van der Waals surface area contributed by atoms with E-state index < -0.39 is 0 Å². The Hall–Kier alpha value is 1.86. The molecule has 0 radical (unpaired) electrons. The molecule has 0 bridgehead atoms. The zero-order valence-corrected chi connectivity index (χ0v) is 9.16. The smallest absolute Gasteiger partial charge is 0.0130 e. The van der Waals surface area contributed by atoms with Crippen LogP contribution in [0.3, 0.4) is 0 Å². The number of alkyl halides is 1. The first kappa shape index (κ1) is 7.96. The summed E-state index contributed by atoms with van der Waals surface area (Å²) in [4.78, 5) is 0. The molecule has 1 aliphatic heterocycles. The molecule has 4 heteroatoms. The topological polar surface area (TPSA) is 0 Å². The van der Waals surface area contributed by atoms with Gasteiger partial charge in [0, 0.05) is 22.3 Å². The van der Waals surface area contributed by atoms with Gasteiger partial charge in [0.15, 0.2) is 0 Å². The zero-order valence-electron chi connectivity index (χ0n) is 4.47. The molecule has 0 aromatic rings. The fourth-order valence-electron chi connectivity index (χ4n) is 0.514. The van der Waals surface area contributed by atoms with Crippen LogP contribution >= 0.6 is 51.7 Å². The third-order valence-electron chi connectivity index (χ3n) is 0.821. The minimum absolute atomic E-state index is 0.381. The molecule has 0 amide bonds. The molecule has 0 aromatic heterocycles. The molecule has 1 saturated heterocycles. The van der Waals surface area contributed by atoms with Crippen molar-refractivity contribution < 1.29 is 0 Å². The van der Waals surface area contributed by atoms with E-state index in [0.717, 1.165) is 0 Å². The van der Waals surface area contributed by atoms with Gasteiger partial charge in [-0.05, 0) is 6.16 Å². The third kappa shape index (κ3) is 2.63. The van der Waals surface area contributed by atoms with Crippen LogP contribution in [0.1, 0.15) is 0 Å². The van der Waals surface area contributed by atoms with Gasteiger partial charge in [-0.15, -0.1) is 22.8 Å². The fraction of sp³-hybridized carbons (Fsp3) is 1.00. The molecular formula is C4H8IPS2. The van der Waals surface area contributed by atoms with Crippen LogP contribution in [0.15, 0.2) is 0 Å². The number of halogens is 1. The SMILES string of the molecule is ICCP1SCCS1. The van der Waals surface area contributed by atoms with Crippen molar-refractivity contribution in [1.82, 2.24) is 0 Å². The highest BCUT2D eigenvalue weighted by atomic mass is 127. The Kier molecular flexibility index (Phi) is 4.62. The minimum atomic E-state index is 0.381. The van der Waals surface area contributed by atoms with Crippen molar-refractivity contribution >= 4 is 51.7 Å². The van der Waals surface area contributed by atoms with Crippen molar-refractivity contribution in [3.05, 3.63) is 0 Å². The Bertz CT molecular complexity index is 65.1. The largest absolute Gasteiger partial charge is 0.122 e. The second kappa shape index (κ2) is 4.64. The first-order chi connectivity index (χ1) is 3.93. The summed E-state index contributed by atoms with van der Waals surface area (Å²) in [5, 5.41) is 0. The molecule has 0 aromatic carbocycles. The highest BCUT2D eigenvalue weighted by Crippen LogP contribution is 2.65. The van der Waals surface area contributed by atoms with E-state index in [9.17, 15) is 0 Å². The van der Waals surface area contributed by atoms with Gasteiger partial charge < -0.3 is 0 Å². The average Bonchev–Trinajstić information content (AvgIpc) is 2.19. The first-order valence-corrected chi connectivity index (χ1v) is 8.76. The fourth-order valence-corrected chi connectivity index (χ4v) is 11.5. The maximum atomic E-state index is 2.47. The van der Waals surface area contributed by atoms with Crippen molar-refractivity contribution in [2.24, 2.45) is 0 Å². The van der Waals surface area contributed by atoms with Gasteiger partial charge in [-0.2, -0.15) is 0 Å². The lowest BCUT2D eigenvalue weighted by Gasteiger charge is -2.01. The van der Waals surface area contributed by atoms with Crippen molar-refractivity contribution in [3.8, 4) is 0 Å². The predicted octanol–water partition coefficient (Wildman–Crippen LogP) is 3.21. The quantitative estimate of drug-likeness (QED) is 0.432. The average molecular weight is 278 g/mol. The molecule has 0 unspecified atom stereocenters. The Balaban J connectivity index is 2.06. The van der Waals surface area contributed by atoms with Gasteiger partial charge in [0.25, 0.3) is 0 Å². The van der Waals surface area contributed by atoms with Gasteiger partial charge >= 0.3 is 0 Å². The highest BCUT2D eigenvalue weighted by molar-refractivity contribution is 14.1. The van der Waals surface area contributed by atoms with E-state index in [1.165, 1.54) is 22.1 Å². The van der Waals surface area contributed by atoms with E-state index in [1.807, 2.05) is 0 Å². The molecule has 1 fully saturated rings. The highest BCUT2D eigenvalue weighted by Gasteiger charge is 2.13. The number of hydrogen-bond donors (Lipinski definition) is 0. The third-order valence-corrected chi connectivity index (χ3v) is 10.2. The summed E-state index contributed by atoms with van der Waals surface area (Å²) in [6.07, 6.45) is 1.84. The number of hydrogen-bond acceptors (Lipinski definition) is 2. The van der Waals surface area contributed by atoms with Crippen LogP contribution in [0.2, 0.25) is 0 Å². The maximum absolute atomic E-state index is 2.47. The van der Waals surface area contributed by atoms with E-state index in [4.69, 9.17) is 0 Å². The molecule has 0 N–H and O–H groups in total. The molecule has 0 aliphatic carbocycles. The van der Waals surface area contributed by atoms with Crippen molar-refractivity contribution in [2.45, 2.75) is 0 Å². The Morgan fingerprint density at radius 3 is 2.50 bits per heavy atom. The Morgan fingerprint density at radius 1 is 1.38 bits per heavy atom. The lowest BCUT2D eigenvalue weighted by atomic mass is 11.0. The summed E-state index contributed by atoms with van der Waals surface area (Å²) in [5.41, 5.74) is 0. The molecule has 1 aliphatic rings. The van der Waals surface area contributed by atoms with Crippen LogP contribution in [-0.2, 0) is 0 Å². The molecule has 0 atom stereocenters. The van der Waals surface area contributed by atoms with E-state index in [0.29, 0.717) is 6.33 Å². The van der Waals surface area contributed by atoms with Crippen molar-refractivity contribution in [2.75, 3.05) is 22.1 Å². The molecule has 0 nitrogen and oxygen atoms in total. The van der Waals surface area contributed by atoms with Gasteiger partial charge in [-0.25, -0.2) is 0 Å². The van der Waals surface area contributed by atoms with Crippen molar-refractivity contribution in [1.29, 1.82) is 0 Å². The molecule has 0 spiro atoms. The monoisotopic (exact) mass is 278 g/mol. The van der Waals surface area contributed by atoms with E-state index in [-0.39, 0.29) is 0 Å². The van der Waals surface area contributed by atoms with Gasteiger partial charge in [-0.3, -0.25) is 0 Å². The van der Waals surface area contributed by atoms with Crippen molar-refractivity contribution in [3.63, 3.8) is 0 Å². The van der Waals surface area contributed by atoms with E-state index in [2.05, 4.69) is 45.4 Å². The summed E-state index contributed by atoms with van der Waals surface area (Å²) in [6, 6.07) is 0. The molecular weight excluding hydrogens is 270 g/mol. The van der Waals surface area contributed by atoms with Gasteiger partial charge in [0.1, 0.15) is 0 Å². The van der Waals surface area contributed by atoms with Gasteiger partial charge in [0.2, 0.25) is 0 Å². The summed E-state index contributed by atoms with van der Waals surface area (Å²) >= 11 is 6.85. The van der Waals surface area contributed by atoms with Crippen LogP contribution in [0.4, 0.5) is 0 Å². The Labute approximate surface area is 73.3 Å². The lowest BCUT2D eigenvalue weighted by molar-refractivity contribution is 1.59. The normalized spacial score (nSPS) is 22.1. The van der Waals surface area contributed by atoms with Gasteiger partial charge in [-0.1, -0.05) is 22.6 Å². The standard InChI is InChI=1S/C4H8IPS2/c5-1-2-6-7-3-4-8-6/h1-4H2. The molecule has 1 heterocycles. The minimum Gasteiger partial charge on any atom is -0.122 e. The molecule has 0 saturated carbocycles. The summed E-state index contributed by atoms with van der Waals surface area (Å²) in [7, 11) is 0. The first-order valence-electron chi connectivity index (χ1n) is 2.53. The second-order valence-corrected chi connectivity index (χ2v) is 9.82. The predicted molar refractivity (Wildman–Crippen MR) is 55.6 cm³/mol. The number of rotatable bonds is 2. The second-order valence-electron chi connectivity index (χ2n) is 1.41. The molecule has 1 rings (SSSR count). The van der Waals surface area contributed by atoms with E-state index in [1.54, 1.807) is 0 Å². The van der Waals surface area contributed by atoms with E-state index >= 15 is 0 Å². The zero-order chi connectivity index (χ0) is 5.82. The van der Waals surface area contributed by atoms with Crippen LogP contribution in [-0.4, -0.2) is 22.1 Å². The van der Waals surface area contributed by atoms with Crippen LogP contribution in [0, 0.1) is 0 Å². The van der Waals surface area contributed by atoms with Crippen LogP contribution < -0.4 is 0 Å². The van der Waals surface area contributed by atoms with Crippen LogP contribution in [0.5, 0.6) is 0 Å².